The van der Waals surface area contributed by atoms with Crippen LogP contribution in [0.15, 0.2) is 29.2 Å². The van der Waals surface area contributed by atoms with Crippen molar-refractivity contribution in [2.75, 3.05) is 20.3 Å². The second-order valence-corrected chi connectivity index (χ2v) is 9.13. The SMILES string of the molecule is COCCNS(=O)(=O)c1ccc(CNC(=O)C2CC3CCCCC3N2)cc1. The Labute approximate surface area is 161 Å². The monoisotopic (exact) mass is 395 g/mol. The zero-order valence-electron chi connectivity index (χ0n) is 15.7. The number of benzene rings is 1. The molecule has 3 N–H and O–H groups in total. The fourth-order valence-electron chi connectivity index (χ4n) is 3.98. The summed E-state index contributed by atoms with van der Waals surface area (Å²) in [5.74, 6) is 0.659. The highest BCUT2D eigenvalue weighted by Crippen LogP contribution is 2.33. The Balaban J connectivity index is 1.49. The summed E-state index contributed by atoms with van der Waals surface area (Å²) in [7, 11) is -2.01. The lowest BCUT2D eigenvalue weighted by Crippen LogP contribution is -2.42. The molecule has 8 heteroatoms. The van der Waals surface area contributed by atoms with E-state index in [-0.39, 0.29) is 23.4 Å². The fourth-order valence-corrected chi connectivity index (χ4v) is 4.99. The number of hydrogen-bond donors (Lipinski definition) is 3. The number of sulfonamides is 1. The molecule has 3 rings (SSSR count). The normalized spacial score (nSPS) is 25.1. The predicted octanol–water partition coefficient (Wildman–Crippen LogP) is 1.15. The summed E-state index contributed by atoms with van der Waals surface area (Å²) in [6, 6.07) is 6.95. The molecule has 1 saturated carbocycles. The Morgan fingerprint density at radius 3 is 2.67 bits per heavy atom. The maximum Gasteiger partial charge on any atom is 0.240 e. The van der Waals surface area contributed by atoms with E-state index in [1.807, 2.05) is 0 Å². The van der Waals surface area contributed by atoms with E-state index in [4.69, 9.17) is 4.74 Å². The van der Waals surface area contributed by atoms with Gasteiger partial charge in [0.1, 0.15) is 0 Å². The Kier molecular flexibility index (Phi) is 6.86. The van der Waals surface area contributed by atoms with Crippen LogP contribution in [0, 0.1) is 5.92 Å². The number of nitrogens with one attached hydrogen (secondary N) is 3. The summed E-state index contributed by atoms with van der Waals surface area (Å²) in [4.78, 5) is 12.6. The summed E-state index contributed by atoms with van der Waals surface area (Å²) >= 11 is 0. The average Bonchev–Trinajstić information content (AvgIpc) is 3.11. The van der Waals surface area contributed by atoms with Gasteiger partial charge < -0.3 is 15.4 Å². The maximum atomic E-state index is 12.4. The van der Waals surface area contributed by atoms with E-state index in [9.17, 15) is 13.2 Å². The van der Waals surface area contributed by atoms with Gasteiger partial charge in [-0.2, -0.15) is 0 Å². The van der Waals surface area contributed by atoms with Crippen molar-refractivity contribution >= 4 is 15.9 Å². The molecule has 7 nitrogen and oxygen atoms in total. The highest BCUT2D eigenvalue weighted by Gasteiger charge is 2.37. The summed E-state index contributed by atoms with van der Waals surface area (Å²) in [6.45, 7) is 0.942. The van der Waals surface area contributed by atoms with Crippen molar-refractivity contribution < 1.29 is 17.9 Å². The van der Waals surface area contributed by atoms with Gasteiger partial charge in [0.15, 0.2) is 0 Å². The van der Waals surface area contributed by atoms with Gasteiger partial charge in [-0.15, -0.1) is 0 Å². The van der Waals surface area contributed by atoms with Crippen molar-refractivity contribution in [3.8, 4) is 0 Å². The van der Waals surface area contributed by atoms with Gasteiger partial charge in [-0.1, -0.05) is 25.0 Å². The molecule has 1 saturated heterocycles. The quantitative estimate of drug-likeness (QED) is 0.574. The maximum absolute atomic E-state index is 12.4. The standard InChI is InChI=1S/C19H29N3O4S/c1-26-11-10-21-27(24,25)16-8-6-14(7-9-16)13-20-19(23)18-12-15-4-2-3-5-17(15)22-18/h6-9,15,17-18,21-22H,2-5,10-13H2,1H3,(H,20,23). The third-order valence-electron chi connectivity index (χ3n) is 5.48. The molecule has 150 valence electrons. The van der Waals surface area contributed by atoms with Crippen LogP contribution >= 0.6 is 0 Å². The number of fused-ring (bicyclic) bond motifs is 1. The Bertz CT molecular complexity index is 722. The van der Waals surface area contributed by atoms with Crippen LogP contribution in [-0.2, 0) is 26.1 Å². The Hall–Kier alpha value is -1.48. The lowest BCUT2D eigenvalue weighted by molar-refractivity contribution is -0.123. The van der Waals surface area contributed by atoms with Gasteiger partial charge in [0.2, 0.25) is 15.9 Å². The minimum Gasteiger partial charge on any atom is -0.383 e. The summed E-state index contributed by atoms with van der Waals surface area (Å²) in [5, 5.41) is 6.44. The number of ether oxygens (including phenoxy) is 1. The molecule has 27 heavy (non-hydrogen) atoms. The Morgan fingerprint density at radius 2 is 1.96 bits per heavy atom. The van der Waals surface area contributed by atoms with Gasteiger partial charge in [0.25, 0.3) is 0 Å². The molecule has 0 radical (unpaired) electrons. The molecule has 2 aliphatic rings. The van der Waals surface area contributed by atoms with E-state index in [0.717, 1.165) is 12.0 Å². The smallest absolute Gasteiger partial charge is 0.240 e. The lowest BCUT2D eigenvalue weighted by atomic mass is 9.85. The molecule has 0 bridgehead atoms. The zero-order valence-corrected chi connectivity index (χ0v) is 16.6. The van der Waals surface area contributed by atoms with E-state index in [1.165, 1.54) is 32.8 Å². The first-order valence-electron chi connectivity index (χ1n) is 9.61. The molecular formula is C19H29N3O4S. The first kappa shape index (κ1) is 20.3. The second kappa shape index (κ2) is 9.14. The minimum absolute atomic E-state index is 0.0299. The zero-order chi connectivity index (χ0) is 19.3. The van der Waals surface area contributed by atoms with Crippen molar-refractivity contribution in [1.29, 1.82) is 0 Å². The third-order valence-corrected chi connectivity index (χ3v) is 6.95. The third kappa shape index (κ3) is 5.28. The van der Waals surface area contributed by atoms with E-state index < -0.39 is 10.0 Å². The summed E-state index contributed by atoms with van der Waals surface area (Å²) in [6.07, 6.45) is 5.82. The predicted molar refractivity (Wildman–Crippen MR) is 103 cm³/mol. The van der Waals surface area contributed by atoms with Crippen molar-refractivity contribution in [1.82, 2.24) is 15.4 Å². The number of methoxy groups -OCH3 is 1. The van der Waals surface area contributed by atoms with E-state index >= 15 is 0 Å². The van der Waals surface area contributed by atoms with E-state index in [2.05, 4.69) is 15.4 Å². The van der Waals surface area contributed by atoms with E-state index in [1.54, 1.807) is 24.3 Å². The van der Waals surface area contributed by atoms with Crippen LogP contribution in [0.1, 0.15) is 37.7 Å². The first-order valence-corrected chi connectivity index (χ1v) is 11.1. The van der Waals surface area contributed by atoms with Crippen LogP contribution in [0.2, 0.25) is 0 Å². The number of rotatable bonds is 8. The second-order valence-electron chi connectivity index (χ2n) is 7.36. The van der Waals surface area contributed by atoms with Crippen LogP contribution in [0.3, 0.4) is 0 Å². The largest absolute Gasteiger partial charge is 0.383 e. The molecule has 1 amide bonds. The minimum atomic E-state index is -3.53. The van der Waals surface area contributed by atoms with Gasteiger partial charge in [-0.3, -0.25) is 4.79 Å². The van der Waals surface area contributed by atoms with Gasteiger partial charge >= 0.3 is 0 Å². The average molecular weight is 396 g/mol. The van der Waals surface area contributed by atoms with Crippen LogP contribution < -0.4 is 15.4 Å². The molecule has 0 aromatic heterocycles. The molecule has 1 heterocycles. The van der Waals surface area contributed by atoms with Gasteiger partial charge in [-0.25, -0.2) is 13.1 Å². The van der Waals surface area contributed by atoms with Crippen molar-refractivity contribution in [2.45, 2.75) is 55.6 Å². The first-order chi connectivity index (χ1) is 13.0. The fraction of sp³-hybridized carbons (Fsp3) is 0.632. The molecule has 1 aromatic carbocycles. The van der Waals surface area contributed by atoms with E-state index in [0.29, 0.717) is 25.1 Å². The number of carbonyl (C=O) groups is 1. The van der Waals surface area contributed by atoms with Crippen LogP contribution in [0.5, 0.6) is 0 Å². The number of amides is 1. The molecule has 1 aliphatic heterocycles. The van der Waals surface area contributed by atoms with Crippen LogP contribution in [-0.4, -0.2) is 46.7 Å². The highest BCUT2D eigenvalue weighted by molar-refractivity contribution is 7.89. The topological polar surface area (TPSA) is 96.5 Å². The molecule has 3 atom stereocenters. The van der Waals surface area contributed by atoms with Crippen LogP contribution in [0.4, 0.5) is 0 Å². The highest BCUT2D eigenvalue weighted by atomic mass is 32.2. The van der Waals surface area contributed by atoms with Crippen molar-refractivity contribution in [3.63, 3.8) is 0 Å². The molecule has 1 aliphatic carbocycles. The van der Waals surface area contributed by atoms with Gasteiger partial charge in [0.05, 0.1) is 17.5 Å². The molecule has 3 unspecified atom stereocenters. The number of carbonyl (C=O) groups excluding carboxylic acids is 1. The van der Waals surface area contributed by atoms with Crippen molar-refractivity contribution in [3.05, 3.63) is 29.8 Å². The summed E-state index contributed by atoms with van der Waals surface area (Å²) in [5.41, 5.74) is 0.870. The molecule has 2 fully saturated rings. The Morgan fingerprint density at radius 1 is 1.22 bits per heavy atom. The number of hydrogen-bond acceptors (Lipinski definition) is 5. The van der Waals surface area contributed by atoms with Crippen LogP contribution in [0.25, 0.3) is 0 Å². The molecular weight excluding hydrogens is 366 g/mol. The van der Waals surface area contributed by atoms with Gasteiger partial charge in [0, 0.05) is 26.2 Å². The molecule has 1 aromatic rings. The van der Waals surface area contributed by atoms with Crippen molar-refractivity contribution in [2.24, 2.45) is 5.92 Å². The lowest BCUT2D eigenvalue weighted by Gasteiger charge is -2.24. The molecule has 0 spiro atoms. The summed E-state index contributed by atoms with van der Waals surface area (Å²) < 4.78 is 31.6. The van der Waals surface area contributed by atoms with Gasteiger partial charge in [-0.05, 0) is 42.9 Å².